The maximum absolute atomic E-state index is 13.2. The number of hydrogen-bond donors (Lipinski definition) is 2. The molecular formula is C22H11F3N2O3. The van der Waals surface area contributed by atoms with Crippen molar-refractivity contribution in [2.24, 2.45) is 0 Å². The number of anilines is 1. The minimum Gasteiger partial charge on any atom is -0.505 e. The van der Waals surface area contributed by atoms with Crippen LogP contribution in [-0.4, -0.2) is 21.7 Å². The van der Waals surface area contributed by atoms with Crippen LogP contribution in [0.5, 0.6) is 5.75 Å². The summed E-state index contributed by atoms with van der Waals surface area (Å²) in [6, 6.07) is 10.5. The first-order valence-electron chi connectivity index (χ1n) is 8.83. The number of hydrogen-bond acceptors (Lipinski definition) is 5. The van der Waals surface area contributed by atoms with Crippen molar-refractivity contribution >= 4 is 39.1 Å². The molecule has 0 aliphatic heterocycles. The minimum absolute atomic E-state index is 0.0252. The highest BCUT2D eigenvalue weighted by atomic mass is 19.4. The maximum Gasteiger partial charge on any atom is 0.416 e. The second-order valence-corrected chi connectivity index (χ2v) is 7.01. The Hall–Kier alpha value is -3.94. The fraction of sp³-hybridized carbons (Fsp3) is 0.0455. The standard InChI is InChI=1S/C22H11F3N2O3/c23-22(24,25)10-6-5-9-7-13-18(27-14(9)8-10)16-15(17(26)21(13)30)19(28)11-3-1-2-4-12(11)20(16)29/h1-8,30H,26H2. The Morgan fingerprint density at radius 3 is 2.17 bits per heavy atom. The second-order valence-electron chi connectivity index (χ2n) is 7.01. The molecule has 0 fully saturated rings. The van der Waals surface area contributed by atoms with Crippen LogP contribution >= 0.6 is 0 Å². The third-order valence-corrected chi connectivity index (χ3v) is 5.28. The Morgan fingerprint density at radius 2 is 1.53 bits per heavy atom. The molecule has 1 aromatic heterocycles. The number of fused-ring (bicyclic) bond motifs is 5. The summed E-state index contributed by atoms with van der Waals surface area (Å²) in [7, 11) is 0. The molecule has 1 aliphatic rings. The van der Waals surface area contributed by atoms with E-state index in [9.17, 15) is 27.9 Å². The van der Waals surface area contributed by atoms with Crippen LogP contribution in [0.3, 0.4) is 0 Å². The highest BCUT2D eigenvalue weighted by Gasteiger charge is 2.36. The molecule has 8 heteroatoms. The van der Waals surface area contributed by atoms with E-state index in [1.807, 2.05) is 0 Å². The third kappa shape index (κ3) is 2.33. The van der Waals surface area contributed by atoms with E-state index in [1.165, 1.54) is 24.3 Å². The van der Waals surface area contributed by atoms with Crippen molar-refractivity contribution in [3.05, 3.63) is 76.3 Å². The number of aromatic hydroxyl groups is 1. The lowest BCUT2D eigenvalue weighted by atomic mass is 9.81. The Balaban J connectivity index is 1.92. The molecule has 0 atom stereocenters. The van der Waals surface area contributed by atoms with Gasteiger partial charge in [0, 0.05) is 21.9 Å². The fourth-order valence-electron chi connectivity index (χ4n) is 3.84. The molecule has 3 N–H and O–H groups in total. The lowest BCUT2D eigenvalue weighted by Gasteiger charge is -2.21. The van der Waals surface area contributed by atoms with E-state index >= 15 is 0 Å². The number of phenolic OH excluding ortho intramolecular Hbond substituents is 1. The van der Waals surface area contributed by atoms with E-state index < -0.39 is 29.1 Å². The van der Waals surface area contributed by atoms with Crippen molar-refractivity contribution in [2.75, 3.05) is 5.73 Å². The normalized spacial score (nSPS) is 13.6. The molecular weight excluding hydrogens is 397 g/mol. The van der Waals surface area contributed by atoms with E-state index in [0.717, 1.165) is 12.1 Å². The molecule has 5 rings (SSSR count). The van der Waals surface area contributed by atoms with E-state index in [-0.39, 0.29) is 44.4 Å². The summed E-state index contributed by atoms with van der Waals surface area (Å²) in [4.78, 5) is 30.4. The number of pyridine rings is 1. The number of nitrogens with zero attached hydrogens (tertiary/aromatic N) is 1. The van der Waals surface area contributed by atoms with Crippen LogP contribution in [0.2, 0.25) is 0 Å². The van der Waals surface area contributed by atoms with Crippen molar-refractivity contribution in [1.29, 1.82) is 0 Å². The van der Waals surface area contributed by atoms with Gasteiger partial charge >= 0.3 is 6.18 Å². The SMILES string of the molecule is Nc1c2c(c3nc4cc(C(F)(F)F)ccc4cc3c1O)C(=O)c1ccccc1C2=O. The smallest absolute Gasteiger partial charge is 0.416 e. The van der Waals surface area contributed by atoms with Gasteiger partial charge in [-0.2, -0.15) is 13.2 Å². The molecule has 0 bridgehead atoms. The van der Waals surface area contributed by atoms with Crippen molar-refractivity contribution in [2.45, 2.75) is 6.18 Å². The lowest BCUT2D eigenvalue weighted by Crippen LogP contribution is -2.23. The number of nitrogens with two attached hydrogens (primary N) is 1. The predicted molar refractivity (Wildman–Crippen MR) is 104 cm³/mol. The number of ketones is 2. The van der Waals surface area contributed by atoms with E-state index in [2.05, 4.69) is 4.98 Å². The highest BCUT2D eigenvalue weighted by Crippen LogP contribution is 2.43. The number of aromatic nitrogens is 1. The highest BCUT2D eigenvalue weighted by molar-refractivity contribution is 6.34. The number of phenols is 1. The fourth-order valence-corrected chi connectivity index (χ4v) is 3.84. The van der Waals surface area contributed by atoms with Gasteiger partial charge in [0.25, 0.3) is 0 Å². The predicted octanol–water partition coefficient (Wildman–Crippen LogP) is 4.47. The van der Waals surface area contributed by atoms with Crippen LogP contribution < -0.4 is 5.73 Å². The summed E-state index contributed by atoms with van der Waals surface area (Å²) in [6.07, 6.45) is -4.57. The molecule has 0 amide bonds. The van der Waals surface area contributed by atoms with Gasteiger partial charge in [0.15, 0.2) is 11.6 Å². The van der Waals surface area contributed by atoms with Gasteiger partial charge in [-0.15, -0.1) is 0 Å². The summed E-state index contributed by atoms with van der Waals surface area (Å²) < 4.78 is 39.3. The topological polar surface area (TPSA) is 93.3 Å². The molecule has 0 radical (unpaired) electrons. The molecule has 5 nitrogen and oxygen atoms in total. The van der Waals surface area contributed by atoms with Gasteiger partial charge in [0.05, 0.1) is 33.4 Å². The molecule has 0 spiro atoms. The summed E-state index contributed by atoms with van der Waals surface area (Å²) >= 11 is 0. The van der Waals surface area contributed by atoms with Gasteiger partial charge in [-0.1, -0.05) is 30.3 Å². The van der Waals surface area contributed by atoms with Crippen LogP contribution in [0.15, 0.2) is 48.5 Å². The van der Waals surface area contributed by atoms with E-state index in [1.54, 1.807) is 12.1 Å². The van der Waals surface area contributed by atoms with Gasteiger partial charge in [0.1, 0.15) is 5.75 Å². The Kier molecular flexibility index (Phi) is 3.49. The van der Waals surface area contributed by atoms with Crippen LogP contribution in [0.25, 0.3) is 21.8 Å². The first kappa shape index (κ1) is 18.1. The van der Waals surface area contributed by atoms with Gasteiger partial charge in [-0.3, -0.25) is 9.59 Å². The van der Waals surface area contributed by atoms with Crippen molar-refractivity contribution in [3.8, 4) is 5.75 Å². The van der Waals surface area contributed by atoms with E-state index in [0.29, 0.717) is 5.39 Å². The summed E-state index contributed by atoms with van der Waals surface area (Å²) in [5, 5.41) is 11.0. The largest absolute Gasteiger partial charge is 0.505 e. The van der Waals surface area contributed by atoms with Crippen LogP contribution in [0.1, 0.15) is 37.4 Å². The number of carbonyl (C=O) groups is 2. The molecule has 148 valence electrons. The Morgan fingerprint density at radius 1 is 0.900 bits per heavy atom. The van der Waals surface area contributed by atoms with Gasteiger partial charge < -0.3 is 10.8 Å². The van der Waals surface area contributed by atoms with Gasteiger partial charge in [0.2, 0.25) is 0 Å². The average molecular weight is 408 g/mol. The van der Waals surface area contributed by atoms with Crippen molar-refractivity contribution in [1.82, 2.24) is 4.98 Å². The Bertz CT molecular complexity index is 1440. The van der Waals surface area contributed by atoms with Crippen LogP contribution in [0.4, 0.5) is 18.9 Å². The molecule has 0 unspecified atom stereocenters. The minimum atomic E-state index is -4.57. The molecule has 1 heterocycles. The first-order chi connectivity index (χ1) is 14.2. The molecule has 3 aromatic carbocycles. The van der Waals surface area contributed by atoms with E-state index in [4.69, 9.17) is 5.73 Å². The number of carbonyl (C=O) groups excluding carboxylic acids is 2. The molecule has 0 saturated heterocycles. The zero-order valence-electron chi connectivity index (χ0n) is 15.0. The summed E-state index contributed by atoms with van der Waals surface area (Å²) in [5.74, 6) is -1.53. The maximum atomic E-state index is 13.2. The van der Waals surface area contributed by atoms with Crippen molar-refractivity contribution < 1.29 is 27.9 Å². The molecule has 30 heavy (non-hydrogen) atoms. The average Bonchev–Trinajstić information content (AvgIpc) is 2.72. The van der Waals surface area contributed by atoms with Crippen LogP contribution in [-0.2, 0) is 6.18 Å². The zero-order chi connectivity index (χ0) is 21.4. The van der Waals surface area contributed by atoms with Crippen LogP contribution in [0, 0.1) is 0 Å². The zero-order valence-corrected chi connectivity index (χ0v) is 15.0. The number of rotatable bonds is 0. The molecule has 0 saturated carbocycles. The first-order valence-corrected chi connectivity index (χ1v) is 8.83. The number of benzene rings is 3. The number of nitrogen functional groups attached to an aromatic ring is 1. The summed E-state index contributed by atoms with van der Waals surface area (Å²) in [6.45, 7) is 0. The number of alkyl halides is 3. The quantitative estimate of drug-likeness (QED) is 0.224. The number of halogens is 3. The molecule has 4 aromatic rings. The third-order valence-electron chi connectivity index (χ3n) is 5.28. The second kappa shape index (κ2) is 5.79. The molecule has 1 aliphatic carbocycles. The van der Waals surface area contributed by atoms with Gasteiger partial charge in [-0.05, 0) is 18.2 Å². The van der Waals surface area contributed by atoms with Gasteiger partial charge in [-0.25, -0.2) is 4.98 Å². The lowest BCUT2D eigenvalue weighted by molar-refractivity contribution is -0.137. The summed E-state index contributed by atoms with van der Waals surface area (Å²) in [5.41, 5.74) is 4.71. The van der Waals surface area contributed by atoms with Crippen molar-refractivity contribution in [3.63, 3.8) is 0 Å². The monoisotopic (exact) mass is 408 g/mol. The Labute approximate surface area is 166 Å².